The van der Waals surface area contributed by atoms with Crippen molar-refractivity contribution in [3.05, 3.63) is 18.2 Å². The molecule has 0 spiro atoms. The molecule has 1 aliphatic rings. The predicted octanol–water partition coefficient (Wildman–Crippen LogP) is 1.46. The summed E-state index contributed by atoms with van der Waals surface area (Å²) in [6, 6.07) is 0. The van der Waals surface area contributed by atoms with Gasteiger partial charge in [0.15, 0.2) is 0 Å². The lowest BCUT2D eigenvalue weighted by Crippen LogP contribution is -2.46. The van der Waals surface area contributed by atoms with Gasteiger partial charge in [0.1, 0.15) is 5.82 Å². The van der Waals surface area contributed by atoms with Gasteiger partial charge in [-0.1, -0.05) is 0 Å². The van der Waals surface area contributed by atoms with E-state index in [1.165, 1.54) is 19.4 Å². The van der Waals surface area contributed by atoms with Crippen molar-refractivity contribution in [2.45, 2.75) is 43.9 Å². The van der Waals surface area contributed by atoms with Crippen LogP contribution in [0.4, 0.5) is 13.2 Å². The van der Waals surface area contributed by atoms with Crippen LogP contribution in [0.3, 0.4) is 0 Å². The second-order valence-electron chi connectivity index (χ2n) is 6.55. The molecule has 2 heterocycles. The third-order valence-corrected chi connectivity index (χ3v) is 4.71. The molecule has 0 unspecified atom stereocenters. The molecular weight excluding hydrogens is 337 g/mol. The molecule has 1 aromatic heterocycles. The largest absolute Gasteiger partial charge is 0.424 e. The van der Waals surface area contributed by atoms with E-state index in [2.05, 4.69) is 15.6 Å². The SMILES string of the molecule is Cn1ccnc1[C@@](O)(CCNC(=O)CCC1CCNCC1)C(F)(F)F. The Morgan fingerprint density at radius 1 is 1.44 bits per heavy atom. The molecule has 1 aliphatic heterocycles. The van der Waals surface area contributed by atoms with Crippen molar-refractivity contribution in [3.8, 4) is 0 Å². The number of hydrogen-bond acceptors (Lipinski definition) is 4. The topological polar surface area (TPSA) is 79.2 Å². The summed E-state index contributed by atoms with van der Waals surface area (Å²) < 4.78 is 41.2. The van der Waals surface area contributed by atoms with Crippen LogP contribution in [-0.4, -0.2) is 46.4 Å². The number of aromatic nitrogens is 2. The molecule has 1 saturated heterocycles. The van der Waals surface area contributed by atoms with E-state index in [4.69, 9.17) is 0 Å². The maximum absolute atomic E-state index is 13.3. The highest BCUT2D eigenvalue weighted by Crippen LogP contribution is 2.40. The average Bonchev–Trinajstić information content (AvgIpc) is 2.99. The maximum atomic E-state index is 13.3. The van der Waals surface area contributed by atoms with Gasteiger partial charge >= 0.3 is 6.18 Å². The monoisotopic (exact) mass is 362 g/mol. The van der Waals surface area contributed by atoms with Crippen LogP contribution in [0.2, 0.25) is 0 Å². The van der Waals surface area contributed by atoms with Crippen molar-refractivity contribution >= 4 is 5.91 Å². The number of nitrogens with one attached hydrogen (secondary N) is 2. The van der Waals surface area contributed by atoms with E-state index in [1.807, 2.05) is 0 Å². The second-order valence-corrected chi connectivity index (χ2v) is 6.55. The van der Waals surface area contributed by atoms with Gasteiger partial charge in [-0.05, 0) is 38.3 Å². The summed E-state index contributed by atoms with van der Waals surface area (Å²) in [5.74, 6) is -0.293. The zero-order valence-electron chi connectivity index (χ0n) is 14.3. The Hall–Kier alpha value is -1.61. The molecular formula is C16H25F3N4O2. The number of piperidine rings is 1. The summed E-state index contributed by atoms with van der Waals surface area (Å²) in [6.07, 6.45) is 0.0220. The Morgan fingerprint density at radius 2 is 2.12 bits per heavy atom. The molecule has 1 atom stereocenters. The van der Waals surface area contributed by atoms with E-state index in [0.717, 1.165) is 36.9 Å². The number of hydrogen-bond donors (Lipinski definition) is 3. The summed E-state index contributed by atoms with van der Waals surface area (Å²) in [7, 11) is 1.39. The summed E-state index contributed by atoms with van der Waals surface area (Å²) >= 11 is 0. The van der Waals surface area contributed by atoms with Crippen LogP contribution in [0.25, 0.3) is 0 Å². The Morgan fingerprint density at radius 3 is 2.68 bits per heavy atom. The number of carbonyl (C=O) groups is 1. The molecule has 1 amide bonds. The molecule has 0 radical (unpaired) electrons. The van der Waals surface area contributed by atoms with Gasteiger partial charge in [0, 0.05) is 38.8 Å². The lowest BCUT2D eigenvalue weighted by Gasteiger charge is -2.30. The third-order valence-electron chi connectivity index (χ3n) is 4.71. The Kier molecular flexibility index (Phi) is 6.45. The second kappa shape index (κ2) is 8.18. The Balaban J connectivity index is 1.84. The quantitative estimate of drug-likeness (QED) is 0.686. The molecule has 1 fully saturated rings. The summed E-state index contributed by atoms with van der Waals surface area (Å²) in [6.45, 7) is 1.61. The minimum Gasteiger partial charge on any atom is -0.374 e. The van der Waals surface area contributed by atoms with Crippen molar-refractivity contribution in [2.24, 2.45) is 13.0 Å². The first kappa shape index (κ1) is 19.7. The molecule has 142 valence electrons. The minimum absolute atomic E-state index is 0.270. The fraction of sp³-hybridized carbons (Fsp3) is 0.750. The Labute approximate surface area is 144 Å². The number of amides is 1. The highest BCUT2D eigenvalue weighted by Gasteiger charge is 2.57. The van der Waals surface area contributed by atoms with Crippen molar-refractivity contribution in [1.82, 2.24) is 20.2 Å². The summed E-state index contributed by atoms with van der Waals surface area (Å²) in [5, 5.41) is 15.9. The van der Waals surface area contributed by atoms with Crippen LogP contribution >= 0.6 is 0 Å². The maximum Gasteiger partial charge on any atom is 0.424 e. The van der Waals surface area contributed by atoms with Gasteiger partial charge in [0.05, 0.1) is 0 Å². The molecule has 1 aromatic rings. The minimum atomic E-state index is -4.88. The zero-order chi connectivity index (χ0) is 18.5. The molecule has 9 heteroatoms. The molecule has 0 saturated carbocycles. The number of imidazole rings is 1. The fourth-order valence-corrected chi connectivity index (χ4v) is 3.12. The van der Waals surface area contributed by atoms with Crippen LogP contribution in [0.15, 0.2) is 12.4 Å². The van der Waals surface area contributed by atoms with E-state index < -0.39 is 24.0 Å². The number of rotatable bonds is 7. The Bertz CT molecular complexity index is 570. The van der Waals surface area contributed by atoms with Crippen molar-refractivity contribution in [1.29, 1.82) is 0 Å². The van der Waals surface area contributed by atoms with E-state index in [9.17, 15) is 23.1 Å². The van der Waals surface area contributed by atoms with E-state index in [-0.39, 0.29) is 18.9 Å². The molecule has 25 heavy (non-hydrogen) atoms. The smallest absolute Gasteiger partial charge is 0.374 e. The van der Waals surface area contributed by atoms with E-state index in [1.54, 1.807) is 0 Å². The predicted molar refractivity (Wildman–Crippen MR) is 85.6 cm³/mol. The standard InChI is InChI=1S/C16H25F3N4O2/c1-23-11-10-22-14(23)15(25,16(17,18)19)6-9-21-13(24)3-2-12-4-7-20-8-5-12/h10-12,20,25H,2-9H2,1H3,(H,21,24)/t15-/m0/s1. The lowest BCUT2D eigenvalue weighted by molar-refractivity contribution is -0.272. The van der Waals surface area contributed by atoms with Crippen LogP contribution in [0.5, 0.6) is 0 Å². The average molecular weight is 362 g/mol. The fourth-order valence-electron chi connectivity index (χ4n) is 3.12. The van der Waals surface area contributed by atoms with E-state index in [0.29, 0.717) is 5.92 Å². The lowest BCUT2D eigenvalue weighted by atomic mass is 9.93. The van der Waals surface area contributed by atoms with Crippen LogP contribution in [0.1, 0.15) is 37.9 Å². The molecule has 2 rings (SSSR count). The van der Waals surface area contributed by atoms with Crippen LogP contribution in [-0.2, 0) is 17.4 Å². The number of nitrogens with zero attached hydrogens (tertiary/aromatic N) is 2. The first-order valence-corrected chi connectivity index (χ1v) is 8.48. The van der Waals surface area contributed by atoms with E-state index >= 15 is 0 Å². The van der Waals surface area contributed by atoms with Gasteiger partial charge < -0.3 is 20.3 Å². The summed E-state index contributed by atoms with van der Waals surface area (Å²) in [4.78, 5) is 15.5. The van der Waals surface area contributed by atoms with Crippen LogP contribution < -0.4 is 10.6 Å². The number of aryl methyl sites for hydroxylation is 1. The third kappa shape index (κ3) is 4.94. The first-order valence-electron chi connectivity index (χ1n) is 8.48. The van der Waals surface area contributed by atoms with Crippen molar-refractivity contribution < 1.29 is 23.1 Å². The number of halogens is 3. The van der Waals surface area contributed by atoms with Crippen molar-refractivity contribution in [3.63, 3.8) is 0 Å². The van der Waals surface area contributed by atoms with Crippen LogP contribution in [0, 0.1) is 5.92 Å². The number of aliphatic hydroxyl groups is 1. The normalized spacial score (nSPS) is 18.8. The van der Waals surface area contributed by atoms with Crippen molar-refractivity contribution in [2.75, 3.05) is 19.6 Å². The number of alkyl halides is 3. The van der Waals surface area contributed by atoms with Gasteiger partial charge in [-0.2, -0.15) is 13.2 Å². The van der Waals surface area contributed by atoms with Gasteiger partial charge in [-0.25, -0.2) is 4.98 Å². The number of carbonyl (C=O) groups excluding carboxylic acids is 1. The van der Waals surface area contributed by atoms with Gasteiger partial charge in [0.2, 0.25) is 11.5 Å². The molecule has 0 bridgehead atoms. The van der Waals surface area contributed by atoms with Gasteiger partial charge in [0.25, 0.3) is 0 Å². The van der Waals surface area contributed by atoms with Gasteiger partial charge in [-0.3, -0.25) is 4.79 Å². The molecule has 0 aliphatic carbocycles. The van der Waals surface area contributed by atoms with Gasteiger partial charge in [-0.15, -0.1) is 0 Å². The zero-order valence-corrected chi connectivity index (χ0v) is 14.3. The molecule has 0 aromatic carbocycles. The molecule has 6 nitrogen and oxygen atoms in total. The first-order chi connectivity index (χ1) is 11.7. The highest BCUT2D eigenvalue weighted by molar-refractivity contribution is 5.75. The molecule has 3 N–H and O–H groups in total. The summed E-state index contributed by atoms with van der Waals surface area (Å²) in [5.41, 5.74) is -3.09. The highest BCUT2D eigenvalue weighted by atomic mass is 19.4.